The van der Waals surface area contributed by atoms with E-state index < -0.39 is 12.2 Å². The Labute approximate surface area is 150 Å². The number of halogens is 1. The quantitative estimate of drug-likeness (QED) is 0.889. The third-order valence-electron chi connectivity index (χ3n) is 3.87. The fraction of sp³-hybridized carbons (Fsp3) is 0.222. The standard InChI is InChI=1S/C18H17ClN2O4/c1-24-13-8-6-12(7-9-13)21-11-14(25-18(21)23)10-20-17(22)15-4-2-3-5-16(15)19/h2-9,14H,10-11H2,1H3,(H,20,22). The van der Waals surface area contributed by atoms with Crippen molar-refractivity contribution in [1.82, 2.24) is 5.32 Å². The third kappa shape index (κ3) is 3.85. The number of nitrogens with zero attached hydrogens (tertiary/aromatic N) is 1. The van der Waals surface area contributed by atoms with Crippen LogP contribution in [-0.4, -0.2) is 38.3 Å². The van der Waals surface area contributed by atoms with E-state index in [1.54, 1.807) is 55.6 Å². The number of hydrogen-bond donors (Lipinski definition) is 1. The van der Waals surface area contributed by atoms with Gasteiger partial charge in [-0.05, 0) is 36.4 Å². The number of carbonyl (C=O) groups excluding carboxylic acids is 2. The molecule has 1 N–H and O–H groups in total. The van der Waals surface area contributed by atoms with Crippen LogP contribution in [-0.2, 0) is 4.74 Å². The number of nitrogens with one attached hydrogen (secondary N) is 1. The highest BCUT2D eigenvalue weighted by molar-refractivity contribution is 6.33. The summed E-state index contributed by atoms with van der Waals surface area (Å²) < 4.78 is 10.4. The van der Waals surface area contributed by atoms with E-state index in [0.717, 1.165) is 0 Å². The lowest BCUT2D eigenvalue weighted by molar-refractivity contribution is 0.0916. The highest BCUT2D eigenvalue weighted by atomic mass is 35.5. The molecule has 0 radical (unpaired) electrons. The van der Waals surface area contributed by atoms with Gasteiger partial charge in [0, 0.05) is 5.69 Å². The molecular formula is C18H17ClN2O4. The van der Waals surface area contributed by atoms with Crippen LogP contribution in [0.15, 0.2) is 48.5 Å². The van der Waals surface area contributed by atoms with Gasteiger partial charge in [0.25, 0.3) is 5.91 Å². The first kappa shape index (κ1) is 17.1. The minimum absolute atomic E-state index is 0.211. The zero-order valence-electron chi connectivity index (χ0n) is 13.6. The molecule has 0 aliphatic carbocycles. The van der Waals surface area contributed by atoms with Gasteiger partial charge in [-0.1, -0.05) is 23.7 Å². The molecule has 0 saturated carbocycles. The van der Waals surface area contributed by atoms with Crippen LogP contribution >= 0.6 is 11.6 Å². The van der Waals surface area contributed by atoms with Crippen LogP contribution < -0.4 is 15.0 Å². The van der Waals surface area contributed by atoms with Crippen molar-refractivity contribution in [2.24, 2.45) is 0 Å². The lowest BCUT2D eigenvalue weighted by Gasteiger charge is -2.13. The minimum atomic E-state index is -0.442. The average molecular weight is 361 g/mol. The molecule has 3 rings (SSSR count). The summed E-state index contributed by atoms with van der Waals surface area (Å²) in [4.78, 5) is 25.7. The summed E-state index contributed by atoms with van der Waals surface area (Å²) in [5.41, 5.74) is 1.10. The maximum Gasteiger partial charge on any atom is 0.414 e. The maximum atomic E-state index is 12.2. The fourth-order valence-electron chi connectivity index (χ4n) is 2.55. The number of ether oxygens (including phenoxy) is 2. The van der Waals surface area contributed by atoms with E-state index in [4.69, 9.17) is 21.1 Å². The van der Waals surface area contributed by atoms with E-state index in [-0.39, 0.29) is 12.5 Å². The summed E-state index contributed by atoms with van der Waals surface area (Å²) in [5.74, 6) is 0.407. The maximum absolute atomic E-state index is 12.2. The third-order valence-corrected chi connectivity index (χ3v) is 4.20. The van der Waals surface area contributed by atoms with Crippen LogP contribution in [0.4, 0.5) is 10.5 Å². The minimum Gasteiger partial charge on any atom is -0.497 e. The van der Waals surface area contributed by atoms with Crippen molar-refractivity contribution in [2.75, 3.05) is 25.1 Å². The van der Waals surface area contributed by atoms with Gasteiger partial charge in [0.05, 0.1) is 30.8 Å². The van der Waals surface area contributed by atoms with Gasteiger partial charge in [-0.25, -0.2) is 4.79 Å². The Balaban J connectivity index is 1.59. The van der Waals surface area contributed by atoms with Crippen LogP contribution in [0.5, 0.6) is 5.75 Å². The second kappa shape index (κ2) is 7.44. The monoisotopic (exact) mass is 360 g/mol. The Kier molecular flexibility index (Phi) is 5.09. The van der Waals surface area contributed by atoms with Crippen molar-refractivity contribution in [3.63, 3.8) is 0 Å². The predicted molar refractivity (Wildman–Crippen MR) is 94.4 cm³/mol. The zero-order chi connectivity index (χ0) is 17.8. The summed E-state index contributed by atoms with van der Waals surface area (Å²) in [6, 6.07) is 13.9. The van der Waals surface area contributed by atoms with E-state index in [1.807, 2.05) is 0 Å². The van der Waals surface area contributed by atoms with Gasteiger partial charge in [-0.2, -0.15) is 0 Å². The van der Waals surface area contributed by atoms with Crippen molar-refractivity contribution in [1.29, 1.82) is 0 Å². The van der Waals surface area contributed by atoms with E-state index in [1.165, 1.54) is 4.90 Å². The number of hydrogen-bond acceptors (Lipinski definition) is 4. The van der Waals surface area contributed by atoms with Crippen LogP contribution in [0.1, 0.15) is 10.4 Å². The molecule has 1 aliphatic rings. The van der Waals surface area contributed by atoms with Crippen LogP contribution in [0, 0.1) is 0 Å². The molecule has 1 unspecified atom stereocenters. The van der Waals surface area contributed by atoms with Gasteiger partial charge in [-0.15, -0.1) is 0 Å². The number of cyclic esters (lactones) is 1. The molecule has 2 aromatic carbocycles. The zero-order valence-corrected chi connectivity index (χ0v) is 14.3. The van der Waals surface area contributed by atoms with Gasteiger partial charge >= 0.3 is 6.09 Å². The smallest absolute Gasteiger partial charge is 0.414 e. The van der Waals surface area contributed by atoms with Crippen molar-refractivity contribution in [3.8, 4) is 5.75 Å². The molecule has 2 amide bonds. The predicted octanol–water partition coefficient (Wildman–Crippen LogP) is 3.10. The van der Waals surface area contributed by atoms with Crippen molar-refractivity contribution >= 4 is 29.3 Å². The summed E-state index contributed by atoms with van der Waals surface area (Å²) >= 11 is 6.00. The second-order valence-electron chi connectivity index (χ2n) is 5.50. The van der Waals surface area contributed by atoms with Crippen LogP contribution in [0.2, 0.25) is 5.02 Å². The number of carbonyl (C=O) groups is 2. The highest BCUT2D eigenvalue weighted by Gasteiger charge is 2.32. The molecule has 1 saturated heterocycles. The van der Waals surface area contributed by atoms with Gasteiger partial charge in [0.2, 0.25) is 0 Å². The first-order valence-corrected chi connectivity index (χ1v) is 8.11. The van der Waals surface area contributed by atoms with Crippen molar-refractivity contribution in [2.45, 2.75) is 6.10 Å². The van der Waals surface area contributed by atoms with E-state index in [2.05, 4.69) is 5.32 Å². The van der Waals surface area contributed by atoms with Crippen LogP contribution in [0.3, 0.4) is 0 Å². The number of benzene rings is 2. The van der Waals surface area contributed by atoms with E-state index in [0.29, 0.717) is 28.6 Å². The summed E-state index contributed by atoms with van der Waals surface area (Å²) in [5, 5.41) is 3.12. The van der Waals surface area contributed by atoms with Gasteiger partial charge < -0.3 is 14.8 Å². The summed E-state index contributed by atoms with van der Waals surface area (Å²) in [6.07, 6.45) is -0.872. The lowest BCUT2D eigenvalue weighted by Crippen LogP contribution is -2.34. The molecule has 0 aromatic heterocycles. The molecule has 1 atom stereocenters. The molecule has 25 heavy (non-hydrogen) atoms. The molecule has 0 bridgehead atoms. The number of methoxy groups -OCH3 is 1. The number of anilines is 1. The lowest BCUT2D eigenvalue weighted by atomic mass is 10.2. The largest absolute Gasteiger partial charge is 0.497 e. The normalized spacial score (nSPS) is 16.5. The van der Waals surface area contributed by atoms with E-state index in [9.17, 15) is 9.59 Å². The highest BCUT2D eigenvalue weighted by Crippen LogP contribution is 2.24. The molecule has 130 valence electrons. The van der Waals surface area contributed by atoms with Crippen molar-refractivity contribution in [3.05, 3.63) is 59.1 Å². The topological polar surface area (TPSA) is 67.9 Å². The first-order valence-electron chi connectivity index (χ1n) is 7.73. The molecule has 1 aliphatic heterocycles. The molecule has 1 fully saturated rings. The Hall–Kier alpha value is -2.73. The molecule has 7 heteroatoms. The molecule has 2 aromatic rings. The Morgan fingerprint density at radius 3 is 2.68 bits per heavy atom. The first-order chi connectivity index (χ1) is 12.1. The average Bonchev–Trinajstić information content (AvgIpc) is 3.01. The molecular weight excluding hydrogens is 344 g/mol. The van der Waals surface area contributed by atoms with Gasteiger partial charge in [0.1, 0.15) is 11.9 Å². The van der Waals surface area contributed by atoms with Gasteiger partial charge in [0.15, 0.2) is 0 Å². The van der Waals surface area contributed by atoms with Gasteiger partial charge in [-0.3, -0.25) is 9.69 Å². The fourth-order valence-corrected chi connectivity index (χ4v) is 2.77. The summed E-state index contributed by atoms with van der Waals surface area (Å²) in [7, 11) is 1.58. The number of amides is 2. The Morgan fingerprint density at radius 1 is 1.28 bits per heavy atom. The Bertz CT molecular complexity index is 779. The second-order valence-corrected chi connectivity index (χ2v) is 5.91. The summed E-state index contributed by atoms with van der Waals surface area (Å²) in [6.45, 7) is 0.566. The molecule has 0 spiro atoms. The SMILES string of the molecule is COc1ccc(N2CC(CNC(=O)c3ccccc3Cl)OC2=O)cc1. The van der Waals surface area contributed by atoms with Crippen molar-refractivity contribution < 1.29 is 19.1 Å². The molecule has 1 heterocycles. The number of rotatable bonds is 5. The van der Waals surface area contributed by atoms with E-state index >= 15 is 0 Å². The molecule has 6 nitrogen and oxygen atoms in total. The Morgan fingerprint density at radius 2 is 2.00 bits per heavy atom. The van der Waals surface area contributed by atoms with Crippen LogP contribution in [0.25, 0.3) is 0 Å².